The summed E-state index contributed by atoms with van der Waals surface area (Å²) in [6.45, 7) is 0. The van der Waals surface area contributed by atoms with Crippen molar-refractivity contribution in [2.75, 3.05) is 0 Å². The molecule has 48 valence electrons. The monoisotopic (exact) mass is 181 g/mol. The minimum absolute atomic E-state index is 0. The van der Waals surface area contributed by atoms with E-state index in [1.807, 2.05) is 5.32 Å². The first kappa shape index (κ1) is 10.3. The molecule has 0 radical (unpaired) electrons. The molecule has 0 heterocycles. The smallest absolute Gasteiger partial charge is 0.192 e. The highest BCUT2D eigenvalue weighted by molar-refractivity contribution is 8.93. The van der Waals surface area contributed by atoms with Crippen molar-refractivity contribution in [3.63, 3.8) is 0 Å². The van der Waals surface area contributed by atoms with Gasteiger partial charge in [-0.25, -0.2) is 0 Å². The minimum atomic E-state index is -0.312. The van der Waals surface area contributed by atoms with E-state index in [-0.39, 0.29) is 28.9 Å². The zero-order valence-corrected chi connectivity index (χ0v) is 5.78. The van der Waals surface area contributed by atoms with Crippen molar-refractivity contribution < 1.29 is 0 Å². The summed E-state index contributed by atoms with van der Waals surface area (Å²) in [5.41, 5.74) is 9.49. The van der Waals surface area contributed by atoms with Gasteiger partial charge in [-0.05, 0) is 0 Å². The molecular formula is C2H8BrN5. The van der Waals surface area contributed by atoms with Gasteiger partial charge in [0.25, 0.3) is 0 Å². The van der Waals surface area contributed by atoms with Crippen LogP contribution in [0, 0.1) is 10.8 Å². The van der Waals surface area contributed by atoms with E-state index in [0.29, 0.717) is 0 Å². The second kappa shape index (κ2) is 4.38. The SMILES string of the molecule is Br.N=C(N)NC(=N)N. The Kier molecular flexibility index (Phi) is 5.61. The molecule has 0 spiro atoms. The average Bonchev–Trinajstić information content (AvgIpc) is 1.27. The van der Waals surface area contributed by atoms with E-state index in [4.69, 9.17) is 22.3 Å². The Hall–Kier alpha value is -0.780. The van der Waals surface area contributed by atoms with E-state index in [1.165, 1.54) is 0 Å². The second-order valence-electron chi connectivity index (χ2n) is 0.952. The molecule has 0 aromatic rings. The van der Waals surface area contributed by atoms with Gasteiger partial charge in [0.1, 0.15) is 0 Å². The van der Waals surface area contributed by atoms with Crippen molar-refractivity contribution in [2.45, 2.75) is 0 Å². The molecule has 0 aliphatic rings. The van der Waals surface area contributed by atoms with Gasteiger partial charge in [-0.3, -0.25) is 16.1 Å². The fraction of sp³-hybridized carbons (Fsp3) is 0. The van der Waals surface area contributed by atoms with Crippen LogP contribution in [0.5, 0.6) is 0 Å². The van der Waals surface area contributed by atoms with Gasteiger partial charge in [-0.1, -0.05) is 0 Å². The number of nitrogens with two attached hydrogens (primary N) is 2. The van der Waals surface area contributed by atoms with Crippen LogP contribution in [0.15, 0.2) is 0 Å². The topological polar surface area (TPSA) is 112 Å². The molecule has 8 heavy (non-hydrogen) atoms. The predicted molar refractivity (Wildman–Crippen MR) is 37.3 cm³/mol. The Morgan fingerprint density at radius 2 is 1.38 bits per heavy atom. The van der Waals surface area contributed by atoms with Crippen LogP contribution in [-0.4, -0.2) is 11.9 Å². The molecule has 0 aliphatic carbocycles. The normalized spacial score (nSPS) is 6.50. The number of rotatable bonds is 0. The van der Waals surface area contributed by atoms with Crippen LogP contribution in [0.25, 0.3) is 0 Å². The summed E-state index contributed by atoms with van der Waals surface area (Å²) >= 11 is 0. The van der Waals surface area contributed by atoms with E-state index in [1.54, 1.807) is 0 Å². The van der Waals surface area contributed by atoms with E-state index >= 15 is 0 Å². The number of nitrogens with one attached hydrogen (secondary N) is 3. The molecule has 0 amide bonds. The fourth-order valence-corrected chi connectivity index (χ4v) is 0.145. The summed E-state index contributed by atoms with van der Waals surface area (Å²) in [7, 11) is 0. The van der Waals surface area contributed by atoms with E-state index in [2.05, 4.69) is 0 Å². The zero-order valence-electron chi connectivity index (χ0n) is 4.06. The van der Waals surface area contributed by atoms with Gasteiger partial charge in [0.05, 0.1) is 0 Å². The maximum absolute atomic E-state index is 6.47. The fourth-order valence-electron chi connectivity index (χ4n) is 0.145. The maximum atomic E-state index is 6.47. The predicted octanol–water partition coefficient (Wildman–Crippen LogP) is -1.06. The van der Waals surface area contributed by atoms with Crippen molar-refractivity contribution in [2.24, 2.45) is 11.5 Å². The number of guanidine groups is 2. The third-order valence-electron chi connectivity index (χ3n) is 0.269. The summed E-state index contributed by atoms with van der Waals surface area (Å²) < 4.78 is 0. The van der Waals surface area contributed by atoms with Crippen molar-refractivity contribution in [1.29, 1.82) is 10.8 Å². The maximum Gasteiger partial charge on any atom is 0.192 e. The largest absolute Gasteiger partial charge is 0.370 e. The minimum Gasteiger partial charge on any atom is -0.370 e. The number of hydrogen-bond acceptors (Lipinski definition) is 2. The van der Waals surface area contributed by atoms with Gasteiger partial charge in [0.2, 0.25) is 0 Å². The van der Waals surface area contributed by atoms with Crippen LogP contribution >= 0.6 is 17.0 Å². The Morgan fingerprint density at radius 1 is 1.12 bits per heavy atom. The first-order valence-corrected chi connectivity index (χ1v) is 1.58. The molecule has 0 saturated heterocycles. The molecule has 0 unspecified atom stereocenters. The number of hydrogen-bond donors (Lipinski definition) is 5. The van der Waals surface area contributed by atoms with Crippen LogP contribution < -0.4 is 16.8 Å². The van der Waals surface area contributed by atoms with Crippen molar-refractivity contribution >= 4 is 28.9 Å². The lowest BCUT2D eigenvalue weighted by Crippen LogP contribution is -2.39. The first-order valence-electron chi connectivity index (χ1n) is 1.58. The molecule has 6 heteroatoms. The van der Waals surface area contributed by atoms with Crippen LogP contribution in [-0.2, 0) is 0 Å². The van der Waals surface area contributed by atoms with Crippen molar-refractivity contribution in [1.82, 2.24) is 5.32 Å². The Labute approximate surface area is 57.2 Å². The van der Waals surface area contributed by atoms with Crippen molar-refractivity contribution in [3.05, 3.63) is 0 Å². The van der Waals surface area contributed by atoms with Crippen LogP contribution in [0.2, 0.25) is 0 Å². The molecule has 5 nitrogen and oxygen atoms in total. The standard InChI is InChI=1S/C2H7N5.BrH/c3-1(4)7-2(5)6;/h(H7,3,4,5,6,7);1H. The van der Waals surface area contributed by atoms with Gasteiger partial charge in [-0.15, -0.1) is 17.0 Å². The average molecular weight is 182 g/mol. The van der Waals surface area contributed by atoms with E-state index in [9.17, 15) is 0 Å². The third kappa shape index (κ3) is 8.97. The quantitative estimate of drug-likeness (QED) is 0.243. The van der Waals surface area contributed by atoms with Gasteiger partial charge in [0.15, 0.2) is 11.9 Å². The highest BCUT2D eigenvalue weighted by atomic mass is 79.9. The van der Waals surface area contributed by atoms with E-state index < -0.39 is 0 Å². The van der Waals surface area contributed by atoms with Crippen LogP contribution in [0.4, 0.5) is 0 Å². The van der Waals surface area contributed by atoms with E-state index in [0.717, 1.165) is 0 Å². The first-order chi connectivity index (χ1) is 3.13. The van der Waals surface area contributed by atoms with Gasteiger partial charge in [-0.2, -0.15) is 0 Å². The molecule has 0 saturated carbocycles. The van der Waals surface area contributed by atoms with Crippen molar-refractivity contribution in [3.8, 4) is 0 Å². The third-order valence-corrected chi connectivity index (χ3v) is 0.269. The van der Waals surface area contributed by atoms with Gasteiger partial charge in [0, 0.05) is 0 Å². The van der Waals surface area contributed by atoms with Gasteiger partial charge >= 0.3 is 0 Å². The number of halogens is 1. The lowest BCUT2D eigenvalue weighted by molar-refractivity contribution is 1.19. The highest BCUT2D eigenvalue weighted by Gasteiger charge is 1.83. The molecule has 0 rings (SSSR count). The molecule has 0 aromatic heterocycles. The molecule has 0 fully saturated rings. The highest BCUT2D eigenvalue weighted by Crippen LogP contribution is 1.44. The Morgan fingerprint density at radius 3 is 1.38 bits per heavy atom. The lowest BCUT2D eigenvalue weighted by atomic mass is 10.9. The van der Waals surface area contributed by atoms with Crippen LogP contribution in [0.3, 0.4) is 0 Å². The summed E-state index contributed by atoms with van der Waals surface area (Å²) in [5, 5.41) is 15.0. The summed E-state index contributed by atoms with van der Waals surface area (Å²) in [6.07, 6.45) is 0. The summed E-state index contributed by atoms with van der Waals surface area (Å²) in [6, 6.07) is 0. The molecule has 0 atom stereocenters. The second-order valence-corrected chi connectivity index (χ2v) is 0.952. The molecule has 7 N–H and O–H groups in total. The molecule has 0 aromatic carbocycles. The Balaban J connectivity index is 0. The molecule has 0 aliphatic heterocycles. The Bertz CT molecular complexity index is 86.6. The van der Waals surface area contributed by atoms with Gasteiger partial charge < -0.3 is 11.5 Å². The lowest BCUT2D eigenvalue weighted by Gasteiger charge is -1.95. The summed E-state index contributed by atoms with van der Waals surface area (Å²) in [4.78, 5) is 0. The molecular weight excluding hydrogens is 174 g/mol. The van der Waals surface area contributed by atoms with Crippen LogP contribution in [0.1, 0.15) is 0 Å². The molecule has 0 bridgehead atoms. The summed E-state index contributed by atoms with van der Waals surface area (Å²) in [5.74, 6) is -0.625. The zero-order chi connectivity index (χ0) is 5.86.